The van der Waals surface area contributed by atoms with Crippen molar-refractivity contribution in [1.82, 2.24) is 0 Å². The van der Waals surface area contributed by atoms with E-state index in [4.69, 9.17) is 22.1 Å². The Hall–Kier alpha value is -0.640. The molecule has 15 heavy (non-hydrogen) atoms. The zero-order valence-electron chi connectivity index (χ0n) is 8.72. The van der Waals surface area contributed by atoms with Crippen molar-refractivity contribution in [2.24, 2.45) is 5.73 Å². The summed E-state index contributed by atoms with van der Waals surface area (Å²) in [5.74, 6) is -0.309. The molecule has 0 spiro atoms. The Bertz CT molecular complexity index is 307. The number of benzene rings is 1. The van der Waals surface area contributed by atoms with Crippen molar-refractivity contribution < 1.29 is 9.13 Å². The van der Waals surface area contributed by atoms with E-state index in [9.17, 15) is 4.39 Å². The maximum absolute atomic E-state index is 13.5. The van der Waals surface area contributed by atoms with Crippen LogP contribution < -0.4 is 5.73 Å². The summed E-state index contributed by atoms with van der Waals surface area (Å²) in [6.07, 6.45) is 1.58. The summed E-state index contributed by atoms with van der Waals surface area (Å²) < 4.78 is 18.4. The summed E-state index contributed by atoms with van der Waals surface area (Å²) in [7, 11) is 1.51. The van der Waals surface area contributed by atoms with Gasteiger partial charge in [0, 0.05) is 17.7 Å². The number of hydrogen-bond donors (Lipinski definition) is 1. The van der Waals surface area contributed by atoms with Crippen molar-refractivity contribution >= 4 is 11.6 Å². The van der Waals surface area contributed by atoms with Gasteiger partial charge in [-0.3, -0.25) is 0 Å². The van der Waals surface area contributed by atoms with Gasteiger partial charge in [0.2, 0.25) is 0 Å². The second kappa shape index (κ2) is 6.05. The molecule has 0 aliphatic carbocycles. The van der Waals surface area contributed by atoms with Crippen molar-refractivity contribution in [1.29, 1.82) is 0 Å². The highest BCUT2D eigenvalue weighted by molar-refractivity contribution is 6.31. The summed E-state index contributed by atoms with van der Waals surface area (Å²) in [5, 5.41) is 0.420. The molecule has 2 nitrogen and oxygen atoms in total. The SMILES string of the molecule is COCc1c(F)cc(CCCN)cc1Cl. The number of methoxy groups -OCH3 is 1. The first-order chi connectivity index (χ1) is 7.19. The van der Waals surface area contributed by atoms with Crippen LogP contribution in [0, 0.1) is 5.82 Å². The van der Waals surface area contributed by atoms with Crippen molar-refractivity contribution in [2.75, 3.05) is 13.7 Å². The van der Waals surface area contributed by atoms with Gasteiger partial charge in [0.15, 0.2) is 0 Å². The summed E-state index contributed by atoms with van der Waals surface area (Å²) >= 11 is 5.94. The van der Waals surface area contributed by atoms with Crippen molar-refractivity contribution in [2.45, 2.75) is 19.4 Å². The largest absolute Gasteiger partial charge is 0.380 e. The molecule has 0 saturated carbocycles. The maximum atomic E-state index is 13.5. The quantitative estimate of drug-likeness (QED) is 0.845. The van der Waals surface area contributed by atoms with Crippen LogP contribution in [0.4, 0.5) is 4.39 Å². The third-order valence-electron chi connectivity index (χ3n) is 2.16. The van der Waals surface area contributed by atoms with E-state index in [1.807, 2.05) is 0 Å². The lowest BCUT2D eigenvalue weighted by Gasteiger charge is -2.08. The molecule has 4 heteroatoms. The Labute approximate surface area is 94.2 Å². The standard InChI is InChI=1S/C11H15ClFNO/c1-15-7-9-10(12)5-8(3-2-4-14)6-11(9)13/h5-6H,2-4,7,14H2,1H3. The lowest BCUT2D eigenvalue weighted by Crippen LogP contribution is -2.02. The fourth-order valence-corrected chi connectivity index (χ4v) is 1.67. The molecule has 0 amide bonds. The number of aryl methyl sites for hydroxylation is 1. The molecule has 1 rings (SSSR count). The minimum atomic E-state index is -0.309. The van der Waals surface area contributed by atoms with Crippen LogP contribution in [0.3, 0.4) is 0 Å². The van der Waals surface area contributed by atoms with Crippen LogP contribution in [-0.4, -0.2) is 13.7 Å². The topological polar surface area (TPSA) is 35.2 Å². The van der Waals surface area contributed by atoms with Gasteiger partial charge in [-0.1, -0.05) is 11.6 Å². The fourth-order valence-electron chi connectivity index (χ4n) is 1.39. The Morgan fingerprint density at radius 1 is 1.47 bits per heavy atom. The molecule has 0 heterocycles. The molecule has 0 radical (unpaired) electrons. The molecule has 0 aliphatic heterocycles. The highest BCUT2D eigenvalue weighted by atomic mass is 35.5. The second-order valence-corrected chi connectivity index (χ2v) is 3.77. The third-order valence-corrected chi connectivity index (χ3v) is 2.50. The molecular weight excluding hydrogens is 217 g/mol. The Kier molecular flexibility index (Phi) is 5.02. The first-order valence-corrected chi connectivity index (χ1v) is 5.22. The molecule has 0 atom stereocenters. The zero-order chi connectivity index (χ0) is 11.3. The van der Waals surface area contributed by atoms with Crippen LogP contribution in [-0.2, 0) is 17.8 Å². The Morgan fingerprint density at radius 2 is 2.20 bits per heavy atom. The maximum Gasteiger partial charge on any atom is 0.130 e. The molecular formula is C11H15ClFNO. The highest BCUT2D eigenvalue weighted by Crippen LogP contribution is 2.23. The van der Waals surface area contributed by atoms with Gasteiger partial charge in [-0.2, -0.15) is 0 Å². The van der Waals surface area contributed by atoms with E-state index in [1.54, 1.807) is 6.07 Å². The molecule has 0 aromatic heterocycles. The fraction of sp³-hybridized carbons (Fsp3) is 0.455. The van der Waals surface area contributed by atoms with Crippen LogP contribution in [0.5, 0.6) is 0 Å². The number of hydrogen-bond acceptors (Lipinski definition) is 2. The summed E-state index contributed by atoms with van der Waals surface area (Å²) in [6.45, 7) is 0.793. The molecule has 84 valence electrons. The van der Waals surface area contributed by atoms with Crippen LogP contribution in [0.25, 0.3) is 0 Å². The number of ether oxygens (including phenoxy) is 1. The van der Waals surface area contributed by atoms with E-state index in [2.05, 4.69) is 0 Å². The molecule has 1 aromatic carbocycles. The predicted octanol–water partition coefficient (Wildman–Crippen LogP) is 2.52. The molecule has 0 aliphatic rings. The molecule has 2 N–H and O–H groups in total. The first kappa shape index (κ1) is 12.4. The van der Waals surface area contributed by atoms with Crippen LogP contribution in [0.2, 0.25) is 5.02 Å². The van der Waals surface area contributed by atoms with Crippen LogP contribution in [0.15, 0.2) is 12.1 Å². The van der Waals surface area contributed by atoms with E-state index in [0.29, 0.717) is 17.1 Å². The summed E-state index contributed by atoms with van der Waals surface area (Å²) in [5.41, 5.74) is 6.67. The van der Waals surface area contributed by atoms with Crippen molar-refractivity contribution in [3.05, 3.63) is 34.1 Å². The average Bonchev–Trinajstić information content (AvgIpc) is 2.20. The van der Waals surface area contributed by atoms with Gasteiger partial charge < -0.3 is 10.5 Å². The third kappa shape index (κ3) is 3.45. The van der Waals surface area contributed by atoms with Gasteiger partial charge in [-0.15, -0.1) is 0 Å². The van der Waals surface area contributed by atoms with Crippen LogP contribution in [0.1, 0.15) is 17.5 Å². The zero-order valence-corrected chi connectivity index (χ0v) is 9.48. The van der Waals surface area contributed by atoms with Gasteiger partial charge in [0.25, 0.3) is 0 Å². The van der Waals surface area contributed by atoms with Gasteiger partial charge in [-0.05, 0) is 37.1 Å². The number of nitrogens with two attached hydrogens (primary N) is 1. The highest BCUT2D eigenvalue weighted by Gasteiger charge is 2.09. The molecule has 0 bridgehead atoms. The lowest BCUT2D eigenvalue weighted by atomic mass is 10.1. The monoisotopic (exact) mass is 231 g/mol. The van der Waals surface area contributed by atoms with Gasteiger partial charge in [0.05, 0.1) is 6.61 Å². The lowest BCUT2D eigenvalue weighted by molar-refractivity contribution is 0.181. The summed E-state index contributed by atoms with van der Waals surface area (Å²) in [4.78, 5) is 0. The van der Waals surface area contributed by atoms with E-state index >= 15 is 0 Å². The van der Waals surface area contributed by atoms with Crippen LogP contribution >= 0.6 is 11.6 Å². The molecule has 0 fully saturated rings. The normalized spacial score (nSPS) is 10.7. The summed E-state index contributed by atoms with van der Waals surface area (Å²) in [6, 6.07) is 3.27. The number of halogens is 2. The molecule has 0 saturated heterocycles. The van der Waals surface area contributed by atoms with E-state index in [-0.39, 0.29) is 12.4 Å². The Balaban J connectivity index is 2.87. The minimum absolute atomic E-state index is 0.196. The van der Waals surface area contributed by atoms with Crippen molar-refractivity contribution in [3.63, 3.8) is 0 Å². The van der Waals surface area contributed by atoms with Gasteiger partial charge in [0.1, 0.15) is 5.82 Å². The van der Waals surface area contributed by atoms with E-state index in [0.717, 1.165) is 18.4 Å². The second-order valence-electron chi connectivity index (χ2n) is 3.36. The average molecular weight is 232 g/mol. The Morgan fingerprint density at radius 3 is 2.73 bits per heavy atom. The minimum Gasteiger partial charge on any atom is -0.380 e. The van der Waals surface area contributed by atoms with Gasteiger partial charge >= 0.3 is 0 Å². The number of rotatable bonds is 5. The predicted molar refractivity (Wildman–Crippen MR) is 59.5 cm³/mol. The smallest absolute Gasteiger partial charge is 0.130 e. The van der Waals surface area contributed by atoms with Crippen molar-refractivity contribution in [3.8, 4) is 0 Å². The molecule has 0 unspecified atom stereocenters. The van der Waals surface area contributed by atoms with Gasteiger partial charge in [-0.25, -0.2) is 4.39 Å². The van der Waals surface area contributed by atoms with E-state index in [1.165, 1.54) is 13.2 Å². The molecule has 1 aromatic rings. The van der Waals surface area contributed by atoms with E-state index < -0.39 is 0 Å². The first-order valence-electron chi connectivity index (χ1n) is 4.84.